The van der Waals surface area contributed by atoms with Crippen molar-refractivity contribution in [1.82, 2.24) is 5.32 Å². The Kier molecular flexibility index (Phi) is 5.92. The second kappa shape index (κ2) is 7.54. The molecule has 0 radical (unpaired) electrons. The van der Waals surface area contributed by atoms with Gasteiger partial charge in [-0.05, 0) is 30.2 Å². The summed E-state index contributed by atoms with van der Waals surface area (Å²) in [4.78, 5) is 11.4. The Balaban J connectivity index is 2.35. The van der Waals surface area contributed by atoms with Crippen LogP contribution in [0.3, 0.4) is 0 Å². The maximum absolute atomic E-state index is 11.4. The lowest BCUT2D eigenvalue weighted by Crippen LogP contribution is -2.21. The third-order valence-corrected chi connectivity index (χ3v) is 2.35. The molecule has 2 nitrogen and oxygen atoms in total. The summed E-state index contributed by atoms with van der Waals surface area (Å²) in [6, 6.07) is 7.27. The van der Waals surface area contributed by atoms with Crippen molar-refractivity contribution in [2.75, 3.05) is 6.54 Å². The molecule has 0 aromatic heterocycles. The van der Waals surface area contributed by atoms with E-state index in [1.54, 1.807) is 18.2 Å². The number of amides is 1. The van der Waals surface area contributed by atoms with E-state index in [0.29, 0.717) is 18.0 Å². The van der Waals surface area contributed by atoms with Crippen LogP contribution in [0, 0.1) is 12.3 Å². The van der Waals surface area contributed by atoms with Crippen LogP contribution >= 0.6 is 11.6 Å². The number of terminal acetylenes is 1. The van der Waals surface area contributed by atoms with Crippen molar-refractivity contribution < 1.29 is 4.79 Å². The fraction of sp³-hybridized carbons (Fsp3) is 0.214. The van der Waals surface area contributed by atoms with Crippen molar-refractivity contribution in [2.24, 2.45) is 0 Å². The summed E-state index contributed by atoms with van der Waals surface area (Å²) in [6.07, 6.45) is 9.83. The zero-order valence-corrected chi connectivity index (χ0v) is 10.2. The van der Waals surface area contributed by atoms with E-state index in [2.05, 4.69) is 11.2 Å². The number of hydrogen-bond acceptors (Lipinski definition) is 1. The topological polar surface area (TPSA) is 29.1 Å². The van der Waals surface area contributed by atoms with E-state index >= 15 is 0 Å². The zero-order valence-electron chi connectivity index (χ0n) is 9.45. The highest BCUT2D eigenvalue weighted by Gasteiger charge is 1.94. The van der Waals surface area contributed by atoms with Gasteiger partial charge >= 0.3 is 0 Å². The number of halogens is 1. The summed E-state index contributed by atoms with van der Waals surface area (Å²) in [5, 5.41) is 3.43. The Labute approximate surface area is 107 Å². The molecule has 0 spiro atoms. The van der Waals surface area contributed by atoms with Crippen molar-refractivity contribution in [2.45, 2.75) is 12.8 Å². The van der Waals surface area contributed by atoms with E-state index in [0.717, 1.165) is 12.0 Å². The quantitative estimate of drug-likeness (QED) is 0.484. The van der Waals surface area contributed by atoms with Crippen LogP contribution in [-0.2, 0) is 4.79 Å². The summed E-state index contributed by atoms with van der Waals surface area (Å²) in [7, 11) is 0. The van der Waals surface area contributed by atoms with Gasteiger partial charge in [0.2, 0.25) is 5.91 Å². The molecule has 17 heavy (non-hydrogen) atoms. The molecule has 1 N–H and O–H groups in total. The molecule has 1 aromatic rings. The van der Waals surface area contributed by atoms with Gasteiger partial charge in [-0.1, -0.05) is 23.7 Å². The molecule has 88 valence electrons. The zero-order chi connectivity index (χ0) is 12.5. The third kappa shape index (κ3) is 5.79. The van der Waals surface area contributed by atoms with E-state index < -0.39 is 0 Å². The highest BCUT2D eigenvalue weighted by atomic mass is 35.5. The largest absolute Gasteiger partial charge is 0.353 e. The number of carbonyl (C=O) groups is 1. The molecule has 1 rings (SSSR count). The number of unbranched alkanes of at least 4 members (excludes halogenated alkanes) is 1. The molecule has 0 aliphatic heterocycles. The molecule has 0 saturated carbocycles. The van der Waals surface area contributed by atoms with Crippen LogP contribution in [0.15, 0.2) is 30.3 Å². The van der Waals surface area contributed by atoms with Crippen LogP contribution < -0.4 is 5.32 Å². The van der Waals surface area contributed by atoms with Crippen molar-refractivity contribution in [1.29, 1.82) is 0 Å². The maximum atomic E-state index is 11.4. The number of benzene rings is 1. The number of nitrogens with one attached hydrogen (secondary N) is 1. The van der Waals surface area contributed by atoms with Gasteiger partial charge in [0.15, 0.2) is 0 Å². The van der Waals surface area contributed by atoms with Gasteiger partial charge in [-0.3, -0.25) is 4.79 Å². The molecule has 0 bridgehead atoms. The van der Waals surface area contributed by atoms with Crippen LogP contribution in [0.5, 0.6) is 0 Å². The van der Waals surface area contributed by atoms with E-state index in [9.17, 15) is 4.79 Å². The van der Waals surface area contributed by atoms with E-state index in [4.69, 9.17) is 18.0 Å². The molecule has 0 heterocycles. The van der Waals surface area contributed by atoms with Gasteiger partial charge in [0, 0.05) is 24.1 Å². The van der Waals surface area contributed by atoms with Gasteiger partial charge < -0.3 is 5.32 Å². The molecule has 0 fully saturated rings. The fourth-order valence-corrected chi connectivity index (χ4v) is 1.33. The highest BCUT2D eigenvalue weighted by Crippen LogP contribution is 2.10. The first-order valence-electron chi connectivity index (χ1n) is 5.37. The Bertz CT molecular complexity index is 429. The number of hydrogen-bond donors (Lipinski definition) is 1. The molecule has 0 aliphatic rings. The summed E-state index contributed by atoms with van der Waals surface area (Å²) in [5.74, 6) is 2.41. The smallest absolute Gasteiger partial charge is 0.243 e. The molecule has 0 saturated heterocycles. The first kappa shape index (κ1) is 13.3. The lowest BCUT2D eigenvalue weighted by molar-refractivity contribution is -0.116. The molecule has 0 unspecified atom stereocenters. The van der Waals surface area contributed by atoms with Gasteiger partial charge in [0.1, 0.15) is 0 Å². The van der Waals surface area contributed by atoms with Crippen LogP contribution in [-0.4, -0.2) is 12.5 Å². The minimum absolute atomic E-state index is 0.114. The predicted octanol–water partition coefficient (Wildman–Crippen LogP) is 2.88. The number of carbonyl (C=O) groups excluding carboxylic acids is 1. The molecular weight excluding hydrogens is 234 g/mol. The van der Waals surface area contributed by atoms with Crippen molar-refractivity contribution >= 4 is 23.6 Å². The molecule has 0 atom stereocenters. The second-order valence-corrected chi connectivity index (χ2v) is 3.92. The average Bonchev–Trinajstić information content (AvgIpc) is 2.34. The Morgan fingerprint density at radius 1 is 1.41 bits per heavy atom. The Morgan fingerprint density at radius 3 is 2.76 bits per heavy atom. The summed E-state index contributed by atoms with van der Waals surface area (Å²) in [6.45, 7) is 0.605. The average molecular weight is 248 g/mol. The van der Waals surface area contributed by atoms with Gasteiger partial charge in [-0.15, -0.1) is 12.3 Å². The van der Waals surface area contributed by atoms with E-state index in [1.165, 1.54) is 6.08 Å². The van der Waals surface area contributed by atoms with E-state index in [1.807, 2.05) is 12.1 Å². The van der Waals surface area contributed by atoms with Crippen LogP contribution in [0.4, 0.5) is 0 Å². The van der Waals surface area contributed by atoms with E-state index in [-0.39, 0.29) is 5.91 Å². The maximum Gasteiger partial charge on any atom is 0.243 e. The number of rotatable bonds is 5. The van der Waals surface area contributed by atoms with Crippen molar-refractivity contribution in [3.63, 3.8) is 0 Å². The molecule has 0 aliphatic carbocycles. The van der Waals surface area contributed by atoms with Crippen LogP contribution in [0.25, 0.3) is 6.08 Å². The predicted molar refractivity (Wildman–Crippen MR) is 71.6 cm³/mol. The second-order valence-electron chi connectivity index (χ2n) is 3.48. The Hall–Kier alpha value is -1.72. The van der Waals surface area contributed by atoms with Gasteiger partial charge in [0.25, 0.3) is 0 Å². The van der Waals surface area contributed by atoms with Crippen molar-refractivity contribution in [3.05, 3.63) is 40.9 Å². The molecule has 1 aromatic carbocycles. The molecular formula is C14H14ClNO. The standard InChI is InChI=1S/C14H14ClNO/c1-2-3-4-11-16-14(17)10-7-12-5-8-13(15)9-6-12/h1,5-10H,3-4,11H2,(H,16,17)/b10-7+. The van der Waals surface area contributed by atoms with Crippen LogP contribution in [0.2, 0.25) is 5.02 Å². The normalized spacial score (nSPS) is 10.1. The first-order chi connectivity index (χ1) is 8.22. The monoisotopic (exact) mass is 247 g/mol. The third-order valence-electron chi connectivity index (χ3n) is 2.09. The highest BCUT2D eigenvalue weighted by molar-refractivity contribution is 6.30. The first-order valence-corrected chi connectivity index (χ1v) is 5.75. The summed E-state index contributed by atoms with van der Waals surface area (Å²) < 4.78 is 0. The van der Waals surface area contributed by atoms with Gasteiger partial charge in [0.05, 0.1) is 0 Å². The Morgan fingerprint density at radius 2 is 2.12 bits per heavy atom. The molecule has 1 amide bonds. The summed E-state index contributed by atoms with van der Waals surface area (Å²) >= 11 is 5.75. The van der Waals surface area contributed by atoms with Crippen molar-refractivity contribution in [3.8, 4) is 12.3 Å². The van der Waals surface area contributed by atoms with Crippen LogP contribution in [0.1, 0.15) is 18.4 Å². The van der Waals surface area contributed by atoms with Gasteiger partial charge in [-0.2, -0.15) is 0 Å². The minimum Gasteiger partial charge on any atom is -0.353 e. The SMILES string of the molecule is C#CCCCNC(=O)/C=C/c1ccc(Cl)cc1. The summed E-state index contributed by atoms with van der Waals surface area (Å²) in [5.41, 5.74) is 0.938. The lowest BCUT2D eigenvalue weighted by atomic mass is 10.2. The lowest BCUT2D eigenvalue weighted by Gasteiger charge is -1.99. The van der Waals surface area contributed by atoms with Gasteiger partial charge in [-0.25, -0.2) is 0 Å². The fourth-order valence-electron chi connectivity index (χ4n) is 1.21. The minimum atomic E-state index is -0.114. The molecule has 3 heteroatoms.